The average Bonchev–Trinajstić information content (AvgIpc) is 2.84. The van der Waals surface area contributed by atoms with Crippen molar-refractivity contribution in [1.29, 1.82) is 0 Å². The topological polar surface area (TPSA) is 31.4 Å². The fourth-order valence-electron chi connectivity index (χ4n) is 3.82. The molecule has 0 aliphatic heterocycles. The number of aromatic nitrogens is 1. The van der Waals surface area contributed by atoms with Crippen LogP contribution < -0.4 is 4.74 Å². The Morgan fingerprint density at radius 3 is 2.38 bits per heavy atom. The Hall–Kier alpha value is -3.45. The fraction of sp³-hybridized carbons (Fsp3) is 0.222. The molecule has 0 N–H and O–H groups in total. The summed E-state index contributed by atoms with van der Waals surface area (Å²) in [6.45, 7) is -2.46. The molecule has 1 heterocycles. The molecule has 0 aliphatic carbocycles. The molecule has 0 saturated heterocycles. The second kappa shape index (κ2) is 10.7. The lowest BCUT2D eigenvalue weighted by atomic mass is 9.98. The highest BCUT2D eigenvalue weighted by Gasteiger charge is 2.12. The molecule has 0 saturated carbocycles. The second-order valence-corrected chi connectivity index (χ2v) is 7.91. The van der Waals surface area contributed by atoms with E-state index in [9.17, 15) is 13.2 Å². The van der Waals surface area contributed by atoms with E-state index in [1.165, 1.54) is 6.07 Å². The minimum atomic E-state index is -3.09. The van der Waals surface area contributed by atoms with Crippen LogP contribution in [0, 0.1) is 11.6 Å². The smallest absolute Gasteiger partial charge is 0.387 e. The van der Waals surface area contributed by atoms with Crippen LogP contribution in [0.3, 0.4) is 0 Å². The van der Waals surface area contributed by atoms with E-state index in [-0.39, 0.29) is 5.82 Å². The third-order valence-corrected chi connectivity index (χ3v) is 5.64. The summed E-state index contributed by atoms with van der Waals surface area (Å²) in [7, 11) is 1.66. The molecule has 3 aromatic carbocycles. The highest BCUT2D eigenvalue weighted by atomic mass is 19.3. The summed E-state index contributed by atoms with van der Waals surface area (Å²) in [5.41, 5.74) is 3.83. The molecule has 3 nitrogen and oxygen atoms in total. The standard InChI is InChI=1S/C27H23F4NO2/c1-33-13-12-18-3-10-24(32-16-18)21-8-9-22-20(15-21)7-6-19(26(22)29)5-2-17-4-11-25(23(28)14-17)34-27(30)31/h3-4,6-11,14-16,27H,2,5,12-13H2,1H3. The number of hydrogen-bond donors (Lipinski definition) is 0. The lowest BCUT2D eigenvalue weighted by molar-refractivity contribution is -0.0522. The summed E-state index contributed by atoms with van der Waals surface area (Å²) >= 11 is 0. The van der Waals surface area contributed by atoms with Crippen molar-refractivity contribution in [2.45, 2.75) is 25.9 Å². The predicted molar refractivity (Wildman–Crippen MR) is 123 cm³/mol. The third kappa shape index (κ3) is 5.54. The summed E-state index contributed by atoms with van der Waals surface area (Å²) in [5.74, 6) is -1.71. The van der Waals surface area contributed by atoms with Gasteiger partial charge >= 0.3 is 6.61 Å². The first kappa shape index (κ1) is 23.7. The number of ether oxygens (including phenoxy) is 2. The number of halogens is 4. The maximum absolute atomic E-state index is 15.2. The van der Waals surface area contributed by atoms with Gasteiger partial charge in [0.25, 0.3) is 0 Å². The number of pyridine rings is 1. The number of methoxy groups -OCH3 is 1. The van der Waals surface area contributed by atoms with Crippen molar-refractivity contribution in [3.63, 3.8) is 0 Å². The lowest BCUT2D eigenvalue weighted by Crippen LogP contribution is -2.04. The van der Waals surface area contributed by atoms with E-state index in [1.807, 2.05) is 36.5 Å². The van der Waals surface area contributed by atoms with E-state index in [0.29, 0.717) is 36.0 Å². The molecule has 7 heteroatoms. The van der Waals surface area contributed by atoms with Crippen LogP contribution in [-0.4, -0.2) is 25.3 Å². The largest absolute Gasteiger partial charge is 0.432 e. The normalized spacial score (nSPS) is 11.4. The van der Waals surface area contributed by atoms with Gasteiger partial charge in [-0.1, -0.05) is 36.4 Å². The quantitative estimate of drug-likeness (QED) is 0.254. The minimum absolute atomic E-state index is 0.329. The first-order valence-corrected chi connectivity index (χ1v) is 10.8. The van der Waals surface area contributed by atoms with Gasteiger partial charge in [0.15, 0.2) is 11.6 Å². The molecule has 4 aromatic rings. The summed E-state index contributed by atoms with van der Waals surface area (Å²) in [6.07, 6.45) is 3.29. The van der Waals surface area contributed by atoms with Crippen molar-refractivity contribution < 1.29 is 27.0 Å². The highest BCUT2D eigenvalue weighted by molar-refractivity contribution is 5.88. The molecule has 0 radical (unpaired) electrons. The molecular formula is C27H23F4NO2. The van der Waals surface area contributed by atoms with Crippen LogP contribution in [0.25, 0.3) is 22.0 Å². The van der Waals surface area contributed by atoms with E-state index in [2.05, 4.69) is 9.72 Å². The SMILES string of the molecule is COCCc1ccc(-c2ccc3c(F)c(CCc4ccc(OC(F)F)c(F)c4)ccc3c2)nc1. The van der Waals surface area contributed by atoms with Crippen molar-refractivity contribution >= 4 is 10.8 Å². The molecule has 1 aromatic heterocycles. The maximum Gasteiger partial charge on any atom is 0.387 e. The minimum Gasteiger partial charge on any atom is -0.432 e. The Kier molecular flexibility index (Phi) is 7.43. The molecule has 0 atom stereocenters. The first-order valence-electron chi connectivity index (χ1n) is 10.8. The fourth-order valence-corrected chi connectivity index (χ4v) is 3.82. The Morgan fingerprint density at radius 1 is 0.853 bits per heavy atom. The van der Waals surface area contributed by atoms with Crippen LogP contribution in [0.2, 0.25) is 0 Å². The second-order valence-electron chi connectivity index (χ2n) is 7.91. The van der Waals surface area contributed by atoms with Gasteiger partial charge in [-0.05, 0) is 65.6 Å². The Balaban J connectivity index is 1.49. The van der Waals surface area contributed by atoms with Crippen LogP contribution >= 0.6 is 0 Å². The van der Waals surface area contributed by atoms with Crippen molar-refractivity contribution in [2.24, 2.45) is 0 Å². The number of rotatable bonds is 9. The van der Waals surface area contributed by atoms with Crippen molar-refractivity contribution in [1.82, 2.24) is 4.98 Å². The van der Waals surface area contributed by atoms with E-state index in [4.69, 9.17) is 4.74 Å². The van der Waals surface area contributed by atoms with Crippen LogP contribution in [0.15, 0.2) is 66.9 Å². The zero-order chi connectivity index (χ0) is 24.1. The van der Waals surface area contributed by atoms with E-state index in [1.54, 1.807) is 19.2 Å². The summed E-state index contributed by atoms with van der Waals surface area (Å²) in [4.78, 5) is 4.51. The Bertz CT molecular complexity index is 1280. The number of alkyl halides is 2. The predicted octanol–water partition coefficient (Wildman–Crippen LogP) is 6.76. The maximum atomic E-state index is 15.2. The Labute approximate surface area is 195 Å². The summed E-state index contributed by atoms with van der Waals surface area (Å²) in [6, 6.07) is 16.8. The van der Waals surface area contributed by atoms with E-state index >= 15 is 4.39 Å². The van der Waals surface area contributed by atoms with Gasteiger partial charge in [0.1, 0.15) is 5.82 Å². The first-order chi connectivity index (χ1) is 16.4. The van der Waals surface area contributed by atoms with Crippen LogP contribution in [0.5, 0.6) is 5.75 Å². The molecule has 0 spiro atoms. The molecule has 0 amide bonds. The van der Waals surface area contributed by atoms with Gasteiger partial charge in [-0.2, -0.15) is 8.78 Å². The molecule has 0 bridgehead atoms. The van der Waals surface area contributed by atoms with Crippen LogP contribution in [0.4, 0.5) is 17.6 Å². The number of nitrogens with zero attached hydrogens (tertiary/aromatic N) is 1. The average molecular weight is 469 g/mol. The zero-order valence-corrected chi connectivity index (χ0v) is 18.5. The van der Waals surface area contributed by atoms with Crippen molar-refractivity contribution in [2.75, 3.05) is 13.7 Å². The van der Waals surface area contributed by atoms with Gasteiger partial charge in [-0.3, -0.25) is 4.98 Å². The molecule has 34 heavy (non-hydrogen) atoms. The summed E-state index contributed by atoms with van der Waals surface area (Å²) in [5, 5.41) is 1.24. The number of benzene rings is 3. The Morgan fingerprint density at radius 2 is 1.68 bits per heavy atom. The monoisotopic (exact) mass is 469 g/mol. The lowest BCUT2D eigenvalue weighted by Gasteiger charge is -2.10. The van der Waals surface area contributed by atoms with Gasteiger partial charge in [0.05, 0.1) is 12.3 Å². The highest BCUT2D eigenvalue weighted by Crippen LogP contribution is 2.28. The van der Waals surface area contributed by atoms with Gasteiger partial charge in [0, 0.05) is 24.3 Å². The molecule has 0 fully saturated rings. The van der Waals surface area contributed by atoms with Gasteiger partial charge < -0.3 is 9.47 Å². The number of aryl methyl sites for hydroxylation is 2. The number of hydrogen-bond acceptors (Lipinski definition) is 3. The molecule has 0 aliphatic rings. The van der Waals surface area contributed by atoms with Crippen LogP contribution in [-0.2, 0) is 24.0 Å². The van der Waals surface area contributed by atoms with Crippen LogP contribution in [0.1, 0.15) is 16.7 Å². The third-order valence-electron chi connectivity index (χ3n) is 5.64. The van der Waals surface area contributed by atoms with E-state index in [0.717, 1.165) is 40.8 Å². The molecule has 0 unspecified atom stereocenters. The molecular weight excluding hydrogens is 446 g/mol. The van der Waals surface area contributed by atoms with Crippen molar-refractivity contribution in [3.05, 3.63) is 95.2 Å². The summed E-state index contributed by atoms with van der Waals surface area (Å²) < 4.78 is 62.9. The molecule has 4 rings (SSSR count). The zero-order valence-electron chi connectivity index (χ0n) is 18.5. The molecule has 176 valence electrons. The van der Waals surface area contributed by atoms with Gasteiger partial charge in [0.2, 0.25) is 0 Å². The van der Waals surface area contributed by atoms with Gasteiger partial charge in [-0.15, -0.1) is 0 Å². The van der Waals surface area contributed by atoms with Gasteiger partial charge in [-0.25, -0.2) is 8.78 Å². The number of fused-ring (bicyclic) bond motifs is 1. The van der Waals surface area contributed by atoms with E-state index < -0.39 is 18.2 Å². The van der Waals surface area contributed by atoms with Crippen molar-refractivity contribution in [3.8, 4) is 17.0 Å².